The molecule has 0 unspecified atom stereocenters. The molecule has 3 N–H and O–H groups in total. The van der Waals surface area contributed by atoms with Gasteiger partial charge in [-0.05, 0) is 68.6 Å². The lowest BCUT2D eigenvalue weighted by atomic mass is 9.97. The quantitative estimate of drug-likeness (QED) is 0.246. The summed E-state index contributed by atoms with van der Waals surface area (Å²) in [5.41, 5.74) is 2.94. The van der Waals surface area contributed by atoms with Gasteiger partial charge in [-0.2, -0.15) is 0 Å². The van der Waals surface area contributed by atoms with Gasteiger partial charge >= 0.3 is 12.0 Å². The van der Waals surface area contributed by atoms with E-state index < -0.39 is 11.8 Å². The van der Waals surface area contributed by atoms with Crippen LogP contribution in [0, 0.1) is 11.7 Å². The Bertz CT molecular complexity index is 1550. The number of pyridine rings is 2. The highest BCUT2D eigenvalue weighted by atomic mass is 32.1. The number of nitrogens with one attached hydrogen (secondary N) is 2. The molecule has 4 aromatic rings. The van der Waals surface area contributed by atoms with Crippen molar-refractivity contribution in [2.75, 3.05) is 18.4 Å². The minimum Gasteiger partial charge on any atom is -0.481 e. The van der Waals surface area contributed by atoms with Crippen LogP contribution in [0.25, 0.3) is 20.8 Å². The number of carbonyl (C=O) groups is 2. The van der Waals surface area contributed by atoms with Gasteiger partial charge in [0, 0.05) is 42.8 Å². The minimum atomic E-state index is -0.706. The summed E-state index contributed by atoms with van der Waals surface area (Å²) in [6.07, 6.45) is 6.75. The molecule has 2 aliphatic rings. The molecule has 0 atom stereocenters. The van der Waals surface area contributed by atoms with Crippen LogP contribution in [-0.2, 0) is 11.3 Å². The van der Waals surface area contributed by atoms with Gasteiger partial charge in [0.15, 0.2) is 11.6 Å². The number of piperidine rings is 1. The van der Waals surface area contributed by atoms with E-state index in [0.717, 1.165) is 58.8 Å². The van der Waals surface area contributed by atoms with Gasteiger partial charge in [0.05, 0.1) is 26.7 Å². The van der Waals surface area contributed by atoms with Gasteiger partial charge in [0.25, 0.3) is 0 Å². The summed E-state index contributed by atoms with van der Waals surface area (Å²) in [5, 5.41) is 14.6. The number of fused-ring (bicyclic) bond motifs is 1. The molecule has 2 amide bonds. The van der Waals surface area contributed by atoms with Crippen molar-refractivity contribution in [3.8, 4) is 22.1 Å². The first kappa shape index (κ1) is 26.1. The van der Waals surface area contributed by atoms with Crippen molar-refractivity contribution in [3.63, 3.8) is 0 Å². The molecule has 1 aliphatic carbocycles. The number of halogens is 1. The number of carboxylic acid groups (broad SMARTS) is 1. The van der Waals surface area contributed by atoms with E-state index in [2.05, 4.69) is 25.5 Å². The van der Waals surface area contributed by atoms with Crippen molar-refractivity contribution in [3.05, 3.63) is 66.2 Å². The van der Waals surface area contributed by atoms with Crippen LogP contribution in [0.15, 0.2) is 54.9 Å². The molecule has 1 aliphatic heterocycles. The third-order valence-electron chi connectivity index (χ3n) is 7.12. The van der Waals surface area contributed by atoms with Gasteiger partial charge in [-0.1, -0.05) is 6.07 Å². The SMILES string of the molecule is O=C(Nc1ccc(Oc2ccnc3cc(-c4ccc(CN5CCC(C(=O)O)CC5)cn4)sc23)c(F)c1)NC1CC1. The predicted octanol–water partition coefficient (Wildman–Crippen LogP) is 5.87. The Hall–Kier alpha value is -4.09. The molecule has 0 radical (unpaired) electrons. The molecule has 40 heavy (non-hydrogen) atoms. The van der Waals surface area contributed by atoms with Gasteiger partial charge in [-0.3, -0.25) is 19.7 Å². The summed E-state index contributed by atoms with van der Waals surface area (Å²) in [5.74, 6) is -1.01. The second kappa shape index (κ2) is 11.2. The second-order valence-electron chi connectivity index (χ2n) is 10.2. The van der Waals surface area contributed by atoms with Gasteiger partial charge < -0.3 is 20.5 Å². The summed E-state index contributed by atoms with van der Waals surface area (Å²) in [6.45, 7) is 2.26. The standard InChI is InChI=1S/C29H28FN5O4S/c30-21-13-20(34-29(38)33-19-2-3-19)4-6-24(21)39-25-7-10-31-23-14-26(40-27(23)25)22-5-1-17(15-32-22)16-35-11-8-18(9-12-35)28(36)37/h1,4-7,10,13-15,18-19H,2-3,8-9,11-12,16H2,(H,36,37)(H2,33,34,38). The van der Waals surface area contributed by atoms with Crippen molar-refractivity contribution < 1.29 is 23.8 Å². The van der Waals surface area contributed by atoms with Crippen molar-refractivity contribution in [1.82, 2.24) is 20.2 Å². The fourth-order valence-corrected chi connectivity index (χ4v) is 5.78. The highest BCUT2D eigenvalue weighted by molar-refractivity contribution is 7.22. The molecule has 4 heterocycles. The summed E-state index contributed by atoms with van der Waals surface area (Å²) >= 11 is 1.47. The average molecular weight is 562 g/mol. The van der Waals surface area contributed by atoms with Crippen molar-refractivity contribution in [1.29, 1.82) is 0 Å². The maximum Gasteiger partial charge on any atom is 0.319 e. The number of likely N-dealkylation sites (tertiary alicyclic amines) is 1. The van der Waals surface area contributed by atoms with Crippen molar-refractivity contribution in [2.45, 2.75) is 38.3 Å². The predicted molar refractivity (Wildman–Crippen MR) is 150 cm³/mol. The van der Waals surface area contributed by atoms with E-state index in [1.165, 1.54) is 23.5 Å². The molecule has 6 rings (SSSR count). The van der Waals surface area contributed by atoms with Crippen LogP contribution in [0.4, 0.5) is 14.9 Å². The first-order valence-corrected chi connectivity index (χ1v) is 14.1. The van der Waals surface area contributed by atoms with Crippen LogP contribution in [0.2, 0.25) is 0 Å². The summed E-state index contributed by atoms with van der Waals surface area (Å²) in [4.78, 5) is 35.4. The number of hydrogen-bond donors (Lipinski definition) is 3. The maximum absolute atomic E-state index is 14.8. The fourth-order valence-electron chi connectivity index (χ4n) is 4.74. The molecule has 206 valence electrons. The molecule has 1 saturated carbocycles. The Morgan fingerprint density at radius 1 is 1.05 bits per heavy atom. The summed E-state index contributed by atoms with van der Waals surface area (Å²) in [7, 11) is 0. The lowest BCUT2D eigenvalue weighted by Gasteiger charge is -2.29. The van der Waals surface area contributed by atoms with Crippen molar-refractivity contribution in [2.24, 2.45) is 5.92 Å². The highest BCUT2D eigenvalue weighted by Crippen LogP contribution is 2.39. The Balaban J connectivity index is 1.13. The van der Waals surface area contributed by atoms with Gasteiger partial charge in [-0.25, -0.2) is 9.18 Å². The monoisotopic (exact) mass is 561 g/mol. The zero-order valence-corrected chi connectivity index (χ0v) is 22.4. The average Bonchev–Trinajstić information content (AvgIpc) is 3.64. The number of aliphatic carboxylic acids is 1. The fraction of sp³-hybridized carbons (Fsp3) is 0.310. The highest BCUT2D eigenvalue weighted by Gasteiger charge is 2.25. The number of thiophene rings is 1. The zero-order chi connectivity index (χ0) is 27.6. The molecule has 9 nitrogen and oxygen atoms in total. The first-order valence-electron chi connectivity index (χ1n) is 13.3. The van der Waals surface area contributed by atoms with Crippen LogP contribution in [0.3, 0.4) is 0 Å². The Morgan fingerprint density at radius 2 is 1.88 bits per heavy atom. The van der Waals surface area contributed by atoms with Gasteiger partial charge in [0.1, 0.15) is 5.75 Å². The molecule has 0 bridgehead atoms. The normalized spacial score (nSPS) is 16.1. The van der Waals surface area contributed by atoms with Gasteiger partial charge in [0.2, 0.25) is 0 Å². The number of aromatic nitrogens is 2. The Kier molecular flexibility index (Phi) is 7.31. The number of ether oxygens (including phenoxy) is 1. The van der Waals surface area contributed by atoms with Crippen molar-refractivity contribution >= 4 is 39.2 Å². The zero-order valence-electron chi connectivity index (χ0n) is 21.6. The lowest BCUT2D eigenvalue weighted by Crippen LogP contribution is -2.35. The number of carboxylic acids is 1. The van der Waals surface area contributed by atoms with Crippen LogP contribution in [0.5, 0.6) is 11.5 Å². The number of amides is 2. The van der Waals surface area contributed by atoms with E-state index in [-0.39, 0.29) is 23.7 Å². The van der Waals surface area contributed by atoms with E-state index >= 15 is 0 Å². The van der Waals surface area contributed by atoms with Crippen LogP contribution < -0.4 is 15.4 Å². The topological polar surface area (TPSA) is 117 Å². The number of urea groups is 1. The Morgan fingerprint density at radius 3 is 2.58 bits per heavy atom. The smallest absolute Gasteiger partial charge is 0.319 e. The largest absolute Gasteiger partial charge is 0.481 e. The third-order valence-corrected chi connectivity index (χ3v) is 8.28. The minimum absolute atomic E-state index is 0.0467. The molecule has 2 fully saturated rings. The van der Waals surface area contributed by atoms with E-state index in [9.17, 15) is 19.1 Å². The van der Waals surface area contributed by atoms with Crippen LogP contribution in [0.1, 0.15) is 31.2 Å². The number of hydrogen-bond acceptors (Lipinski definition) is 7. The molecule has 11 heteroatoms. The van der Waals surface area contributed by atoms with Gasteiger partial charge in [-0.15, -0.1) is 11.3 Å². The third kappa shape index (κ3) is 6.05. The van der Waals surface area contributed by atoms with E-state index in [0.29, 0.717) is 24.3 Å². The molecular formula is C29H28FN5O4S. The molecule has 1 saturated heterocycles. The molecule has 3 aromatic heterocycles. The summed E-state index contributed by atoms with van der Waals surface area (Å²) < 4.78 is 21.6. The van der Waals surface area contributed by atoms with Crippen LogP contribution in [-0.4, -0.2) is 51.1 Å². The number of carbonyl (C=O) groups excluding carboxylic acids is 1. The maximum atomic E-state index is 14.8. The second-order valence-corrected chi connectivity index (χ2v) is 11.2. The van der Waals surface area contributed by atoms with E-state index in [4.69, 9.17) is 4.74 Å². The molecule has 1 aromatic carbocycles. The first-order chi connectivity index (χ1) is 19.4. The number of rotatable bonds is 8. The number of nitrogens with zero attached hydrogens (tertiary/aromatic N) is 3. The lowest BCUT2D eigenvalue weighted by molar-refractivity contribution is -0.143. The Labute approximate surface area is 234 Å². The molecular weight excluding hydrogens is 533 g/mol. The van der Waals surface area contributed by atoms with Crippen LogP contribution >= 0.6 is 11.3 Å². The number of benzene rings is 1. The summed E-state index contributed by atoms with van der Waals surface area (Å²) in [6, 6.07) is 11.8. The van der Waals surface area contributed by atoms with E-state index in [1.807, 2.05) is 24.4 Å². The van der Waals surface area contributed by atoms with E-state index in [1.54, 1.807) is 18.3 Å². The number of anilines is 1. The molecule has 0 spiro atoms.